The van der Waals surface area contributed by atoms with Gasteiger partial charge >= 0.3 is 0 Å². The summed E-state index contributed by atoms with van der Waals surface area (Å²) >= 11 is 0. The lowest BCUT2D eigenvalue weighted by Crippen LogP contribution is -2.31. The number of carbonyl (C=O) groups is 3. The van der Waals surface area contributed by atoms with Crippen LogP contribution >= 0.6 is 0 Å². The maximum Gasteiger partial charge on any atom is 0.270 e. The smallest absolute Gasteiger partial charge is 0.270 e. The van der Waals surface area contributed by atoms with Crippen molar-refractivity contribution in [1.29, 1.82) is 0 Å². The number of benzene rings is 1. The maximum absolute atomic E-state index is 12.8. The first-order valence-corrected chi connectivity index (χ1v) is 15.9. The second-order valence-electron chi connectivity index (χ2n) is 11.5. The van der Waals surface area contributed by atoms with Crippen LogP contribution in [0.5, 0.6) is 11.5 Å². The monoisotopic (exact) mass is 633 g/mol. The standard InChI is InChI=1S/C34H47N7O5/c1-7-40(8-2)34(44)30-17-25(21-39(30)5)35-20-28-16-26(22-38(28)4)37-33(43)12-10-14-46-32-18-29(24(3)15-31(32)45-6)36-19-27-11-9-13-41(27)23-42/h15-19,21-23,27,35H,7-14,20H2,1-6H3,(H,37,43)/b36-19-. The van der Waals surface area contributed by atoms with Crippen LogP contribution in [0.1, 0.15) is 61.3 Å². The Morgan fingerprint density at radius 2 is 1.83 bits per heavy atom. The number of rotatable bonds is 16. The second-order valence-corrected chi connectivity index (χ2v) is 11.5. The highest BCUT2D eigenvalue weighted by Crippen LogP contribution is 2.35. The molecule has 1 aliphatic rings. The Bertz CT molecular complexity index is 1540. The quantitative estimate of drug-likeness (QED) is 0.132. The summed E-state index contributed by atoms with van der Waals surface area (Å²) in [6, 6.07) is 7.53. The van der Waals surface area contributed by atoms with Gasteiger partial charge in [-0.25, -0.2) is 0 Å². The van der Waals surface area contributed by atoms with Crippen LogP contribution in [0.25, 0.3) is 0 Å². The van der Waals surface area contributed by atoms with Gasteiger partial charge < -0.3 is 39.0 Å². The van der Waals surface area contributed by atoms with Crippen molar-refractivity contribution in [3.05, 3.63) is 53.6 Å². The number of aliphatic imine (C=N–C) groups is 1. The van der Waals surface area contributed by atoms with Crippen molar-refractivity contribution in [2.24, 2.45) is 19.1 Å². The third-order valence-corrected chi connectivity index (χ3v) is 8.29. The molecule has 0 saturated carbocycles. The zero-order valence-electron chi connectivity index (χ0n) is 27.8. The number of ether oxygens (including phenoxy) is 2. The number of aryl methyl sites for hydroxylation is 3. The summed E-state index contributed by atoms with van der Waals surface area (Å²) in [6.07, 6.45) is 9.17. The Kier molecular flexibility index (Phi) is 11.9. The molecular formula is C34H47N7O5. The molecule has 2 aromatic heterocycles. The van der Waals surface area contributed by atoms with Gasteiger partial charge in [0.15, 0.2) is 11.5 Å². The number of methoxy groups -OCH3 is 1. The summed E-state index contributed by atoms with van der Waals surface area (Å²) in [5, 5.41) is 6.36. The normalized spacial score (nSPS) is 14.5. The van der Waals surface area contributed by atoms with Gasteiger partial charge in [0.1, 0.15) is 5.69 Å². The summed E-state index contributed by atoms with van der Waals surface area (Å²) in [5.41, 5.74) is 4.88. The predicted octanol–water partition coefficient (Wildman–Crippen LogP) is 4.90. The van der Waals surface area contributed by atoms with E-state index in [1.807, 2.05) is 86.9 Å². The third kappa shape index (κ3) is 8.49. The fourth-order valence-corrected chi connectivity index (χ4v) is 5.57. The SMILES string of the molecule is CCN(CC)C(=O)c1cc(NCc2cc(NC(=O)CCCOc3cc(/N=C\C4CCCN4C=O)c(C)cc3OC)cn2C)cn1C. The van der Waals surface area contributed by atoms with Gasteiger partial charge in [0.2, 0.25) is 12.3 Å². The molecule has 248 valence electrons. The molecule has 0 bridgehead atoms. The molecule has 46 heavy (non-hydrogen) atoms. The molecule has 12 nitrogen and oxygen atoms in total. The van der Waals surface area contributed by atoms with E-state index in [4.69, 9.17) is 9.47 Å². The summed E-state index contributed by atoms with van der Waals surface area (Å²) in [5.74, 6) is 1.06. The Balaban J connectivity index is 1.26. The zero-order chi connectivity index (χ0) is 33.2. The van der Waals surface area contributed by atoms with E-state index in [9.17, 15) is 14.4 Å². The van der Waals surface area contributed by atoms with Crippen molar-refractivity contribution in [3.63, 3.8) is 0 Å². The van der Waals surface area contributed by atoms with E-state index in [1.54, 1.807) is 16.9 Å². The van der Waals surface area contributed by atoms with E-state index >= 15 is 0 Å². The van der Waals surface area contributed by atoms with E-state index in [1.165, 1.54) is 0 Å². The minimum Gasteiger partial charge on any atom is -0.493 e. The molecule has 1 fully saturated rings. The first kappa shape index (κ1) is 34.1. The number of hydrogen-bond donors (Lipinski definition) is 2. The first-order valence-electron chi connectivity index (χ1n) is 15.9. The number of nitrogens with zero attached hydrogens (tertiary/aromatic N) is 5. The van der Waals surface area contributed by atoms with Crippen molar-refractivity contribution in [2.75, 3.05) is 44.0 Å². The Morgan fingerprint density at radius 1 is 1.07 bits per heavy atom. The molecule has 0 radical (unpaired) electrons. The zero-order valence-corrected chi connectivity index (χ0v) is 27.8. The van der Waals surface area contributed by atoms with Crippen molar-refractivity contribution in [3.8, 4) is 11.5 Å². The fraction of sp³-hybridized carbons (Fsp3) is 0.471. The van der Waals surface area contributed by atoms with Crippen LogP contribution in [0.2, 0.25) is 0 Å². The van der Waals surface area contributed by atoms with Crippen molar-refractivity contribution < 1.29 is 23.9 Å². The maximum atomic E-state index is 12.8. The summed E-state index contributed by atoms with van der Waals surface area (Å²) in [7, 11) is 5.39. The number of anilines is 2. The van der Waals surface area contributed by atoms with E-state index in [2.05, 4.69) is 15.6 Å². The topological polar surface area (TPSA) is 122 Å². The number of likely N-dealkylation sites (tertiary alicyclic amines) is 1. The van der Waals surface area contributed by atoms with Crippen LogP contribution in [0.3, 0.4) is 0 Å². The molecule has 3 aromatic rings. The minimum atomic E-state index is -0.103. The Morgan fingerprint density at radius 3 is 2.54 bits per heavy atom. The fourth-order valence-electron chi connectivity index (χ4n) is 5.57. The third-order valence-electron chi connectivity index (χ3n) is 8.29. The molecule has 0 spiro atoms. The highest BCUT2D eigenvalue weighted by molar-refractivity contribution is 5.94. The van der Waals surface area contributed by atoms with Gasteiger partial charge in [0.05, 0.1) is 43.4 Å². The number of hydrogen-bond acceptors (Lipinski definition) is 7. The lowest BCUT2D eigenvalue weighted by Gasteiger charge is -2.18. The van der Waals surface area contributed by atoms with E-state index in [-0.39, 0.29) is 24.3 Å². The van der Waals surface area contributed by atoms with E-state index in [0.717, 1.165) is 48.4 Å². The van der Waals surface area contributed by atoms with Gasteiger partial charge in [-0.1, -0.05) is 0 Å². The lowest BCUT2D eigenvalue weighted by molar-refractivity contribution is -0.118. The molecule has 0 aliphatic carbocycles. The van der Waals surface area contributed by atoms with Gasteiger partial charge in [-0.05, 0) is 63.8 Å². The molecule has 1 unspecified atom stereocenters. The van der Waals surface area contributed by atoms with Gasteiger partial charge in [0, 0.05) is 70.5 Å². The molecule has 12 heteroatoms. The predicted molar refractivity (Wildman–Crippen MR) is 180 cm³/mol. The highest BCUT2D eigenvalue weighted by Gasteiger charge is 2.21. The Hall–Kier alpha value is -4.74. The Labute approximate surface area is 271 Å². The van der Waals surface area contributed by atoms with Crippen LogP contribution in [0.4, 0.5) is 17.1 Å². The van der Waals surface area contributed by atoms with Gasteiger partial charge in [-0.15, -0.1) is 0 Å². The van der Waals surface area contributed by atoms with Gasteiger partial charge in [0.25, 0.3) is 5.91 Å². The average molecular weight is 634 g/mol. The van der Waals surface area contributed by atoms with Crippen LogP contribution < -0.4 is 20.1 Å². The summed E-state index contributed by atoms with van der Waals surface area (Å²) < 4.78 is 15.3. The molecule has 1 atom stereocenters. The largest absolute Gasteiger partial charge is 0.493 e. The minimum absolute atomic E-state index is 0.00507. The average Bonchev–Trinajstić information content (AvgIpc) is 3.75. The molecule has 4 rings (SSSR count). The van der Waals surface area contributed by atoms with Gasteiger partial charge in [-0.3, -0.25) is 19.4 Å². The number of carbonyl (C=O) groups excluding carboxylic acids is 3. The van der Waals surface area contributed by atoms with E-state index < -0.39 is 0 Å². The molecule has 3 amide bonds. The summed E-state index contributed by atoms with van der Waals surface area (Å²) in [6.45, 7) is 8.84. The number of nitrogens with one attached hydrogen (secondary N) is 2. The molecule has 3 heterocycles. The molecular weight excluding hydrogens is 586 g/mol. The molecule has 1 aliphatic heterocycles. The van der Waals surface area contributed by atoms with Crippen molar-refractivity contribution in [1.82, 2.24) is 18.9 Å². The molecule has 1 aromatic carbocycles. The number of amides is 3. The number of aromatic nitrogens is 2. The van der Waals surface area contributed by atoms with Crippen molar-refractivity contribution in [2.45, 2.75) is 59.0 Å². The van der Waals surface area contributed by atoms with Crippen LogP contribution in [-0.2, 0) is 30.2 Å². The van der Waals surface area contributed by atoms with Crippen molar-refractivity contribution >= 4 is 41.5 Å². The van der Waals surface area contributed by atoms with Gasteiger partial charge in [-0.2, -0.15) is 0 Å². The van der Waals surface area contributed by atoms with Crippen LogP contribution in [0.15, 0.2) is 41.7 Å². The van der Waals surface area contributed by atoms with Crippen LogP contribution in [0, 0.1) is 6.92 Å². The molecule has 1 saturated heterocycles. The lowest BCUT2D eigenvalue weighted by atomic mass is 10.1. The summed E-state index contributed by atoms with van der Waals surface area (Å²) in [4.78, 5) is 45.0. The van der Waals surface area contributed by atoms with Crippen LogP contribution in [-0.4, -0.2) is 82.8 Å². The molecule has 2 N–H and O–H groups in total. The highest BCUT2D eigenvalue weighted by atomic mass is 16.5. The van der Waals surface area contributed by atoms with E-state index in [0.29, 0.717) is 55.5 Å². The second kappa shape index (κ2) is 16.0. The first-order chi connectivity index (χ1) is 22.2.